The lowest BCUT2D eigenvalue weighted by Crippen LogP contribution is -2.47. The zero-order chi connectivity index (χ0) is 13.0. The molecule has 0 unspecified atom stereocenters. The smallest absolute Gasteiger partial charge is 0.227 e. The first-order chi connectivity index (χ1) is 8.70. The van der Waals surface area contributed by atoms with Crippen molar-refractivity contribution in [2.45, 2.75) is 19.4 Å². The van der Waals surface area contributed by atoms with Crippen LogP contribution in [0.2, 0.25) is 0 Å². The number of nitriles is 1. The summed E-state index contributed by atoms with van der Waals surface area (Å²) in [5.41, 5.74) is 1.56. The molecule has 0 radical (unpaired) electrons. The Morgan fingerprint density at radius 2 is 2.22 bits per heavy atom. The first-order valence-electron chi connectivity index (χ1n) is 6.07. The van der Waals surface area contributed by atoms with Gasteiger partial charge in [0.05, 0.1) is 37.3 Å². The van der Waals surface area contributed by atoms with Crippen LogP contribution in [-0.2, 0) is 16.0 Å². The van der Waals surface area contributed by atoms with Gasteiger partial charge in [-0.15, -0.1) is 0 Å². The van der Waals surface area contributed by atoms with E-state index in [0.29, 0.717) is 31.7 Å². The number of amides is 1. The van der Waals surface area contributed by atoms with Gasteiger partial charge in [-0.3, -0.25) is 4.79 Å². The zero-order valence-corrected chi connectivity index (χ0v) is 10.4. The Morgan fingerprint density at radius 1 is 1.50 bits per heavy atom. The van der Waals surface area contributed by atoms with E-state index in [9.17, 15) is 4.79 Å². The van der Waals surface area contributed by atoms with E-state index in [-0.39, 0.29) is 11.9 Å². The number of hydrogen-bond donors (Lipinski definition) is 0. The van der Waals surface area contributed by atoms with Crippen LogP contribution in [0, 0.1) is 11.3 Å². The maximum absolute atomic E-state index is 12.1. The Morgan fingerprint density at radius 3 is 2.83 bits per heavy atom. The van der Waals surface area contributed by atoms with Crippen LogP contribution in [-0.4, -0.2) is 36.6 Å². The Labute approximate surface area is 107 Å². The van der Waals surface area contributed by atoms with E-state index in [4.69, 9.17) is 10.00 Å². The first-order valence-corrected chi connectivity index (χ1v) is 6.07. The van der Waals surface area contributed by atoms with E-state index < -0.39 is 0 Å². The topological polar surface area (TPSA) is 53.3 Å². The number of nitrogens with zero attached hydrogens (tertiary/aromatic N) is 2. The number of rotatable bonds is 2. The van der Waals surface area contributed by atoms with Crippen molar-refractivity contribution in [3.63, 3.8) is 0 Å². The maximum atomic E-state index is 12.1. The highest BCUT2D eigenvalue weighted by Gasteiger charge is 2.23. The zero-order valence-electron chi connectivity index (χ0n) is 10.4. The Kier molecular flexibility index (Phi) is 3.96. The molecule has 1 fully saturated rings. The average Bonchev–Trinajstić information content (AvgIpc) is 2.40. The van der Waals surface area contributed by atoms with Gasteiger partial charge in [-0.05, 0) is 24.6 Å². The van der Waals surface area contributed by atoms with Crippen LogP contribution < -0.4 is 0 Å². The minimum Gasteiger partial charge on any atom is -0.377 e. The number of morpholine rings is 1. The number of carbonyl (C=O) groups is 1. The van der Waals surface area contributed by atoms with Gasteiger partial charge in [-0.2, -0.15) is 5.26 Å². The molecular formula is C14H16N2O2. The first kappa shape index (κ1) is 12.6. The van der Waals surface area contributed by atoms with E-state index in [1.54, 1.807) is 12.1 Å². The van der Waals surface area contributed by atoms with Crippen molar-refractivity contribution in [3.8, 4) is 6.07 Å². The second-order valence-corrected chi connectivity index (χ2v) is 4.50. The van der Waals surface area contributed by atoms with E-state index in [1.165, 1.54) is 0 Å². The van der Waals surface area contributed by atoms with E-state index in [2.05, 4.69) is 6.07 Å². The van der Waals surface area contributed by atoms with Gasteiger partial charge in [0.1, 0.15) is 0 Å². The van der Waals surface area contributed by atoms with Gasteiger partial charge in [0.15, 0.2) is 0 Å². The highest BCUT2D eigenvalue weighted by Crippen LogP contribution is 2.11. The lowest BCUT2D eigenvalue weighted by Gasteiger charge is -2.33. The molecule has 2 rings (SSSR count). The van der Waals surface area contributed by atoms with Gasteiger partial charge < -0.3 is 9.64 Å². The predicted molar refractivity (Wildman–Crippen MR) is 66.9 cm³/mol. The summed E-state index contributed by atoms with van der Waals surface area (Å²) >= 11 is 0. The van der Waals surface area contributed by atoms with Gasteiger partial charge in [-0.25, -0.2) is 0 Å². The van der Waals surface area contributed by atoms with Gasteiger partial charge in [-0.1, -0.05) is 12.1 Å². The SMILES string of the molecule is C[C@@H]1COCCN1C(=O)Cc1ccc(C#N)cc1. The quantitative estimate of drug-likeness (QED) is 0.789. The summed E-state index contributed by atoms with van der Waals surface area (Å²) in [5.74, 6) is 0.121. The molecule has 0 aliphatic carbocycles. The summed E-state index contributed by atoms with van der Waals surface area (Å²) in [7, 11) is 0. The molecule has 1 aliphatic rings. The number of benzene rings is 1. The normalized spacial score (nSPS) is 19.3. The molecule has 1 atom stereocenters. The minimum atomic E-state index is 0.121. The third kappa shape index (κ3) is 2.88. The molecule has 0 N–H and O–H groups in total. The largest absolute Gasteiger partial charge is 0.377 e. The van der Waals surface area contributed by atoms with Crippen molar-refractivity contribution in [2.24, 2.45) is 0 Å². The van der Waals surface area contributed by atoms with Crippen LogP contribution in [0.1, 0.15) is 18.1 Å². The summed E-state index contributed by atoms with van der Waals surface area (Å²) < 4.78 is 5.31. The molecule has 0 spiro atoms. The predicted octanol–water partition coefficient (Wildman–Crippen LogP) is 1.35. The molecule has 1 aromatic rings. The molecule has 1 saturated heterocycles. The van der Waals surface area contributed by atoms with Gasteiger partial charge in [0.25, 0.3) is 0 Å². The second-order valence-electron chi connectivity index (χ2n) is 4.50. The van der Waals surface area contributed by atoms with Crippen molar-refractivity contribution in [1.82, 2.24) is 4.90 Å². The van der Waals surface area contributed by atoms with E-state index in [0.717, 1.165) is 5.56 Å². The average molecular weight is 244 g/mol. The van der Waals surface area contributed by atoms with Crippen LogP contribution in [0.3, 0.4) is 0 Å². The Bertz CT molecular complexity index is 462. The molecule has 1 heterocycles. The van der Waals surface area contributed by atoms with Crippen molar-refractivity contribution in [3.05, 3.63) is 35.4 Å². The summed E-state index contributed by atoms with van der Waals surface area (Å²) in [6.45, 7) is 3.88. The van der Waals surface area contributed by atoms with Crippen LogP contribution in [0.15, 0.2) is 24.3 Å². The van der Waals surface area contributed by atoms with Gasteiger partial charge >= 0.3 is 0 Å². The summed E-state index contributed by atoms with van der Waals surface area (Å²) in [6.07, 6.45) is 0.385. The summed E-state index contributed by atoms with van der Waals surface area (Å²) in [4.78, 5) is 14.0. The number of hydrogen-bond acceptors (Lipinski definition) is 3. The molecule has 0 saturated carbocycles. The van der Waals surface area contributed by atoms with Crippen LogP contribution >= 0.6 is 0 Å². The van der Waals surface area contributed by atoms with Crippen LogP contribution in [0.5, 0.6) is 0 Å². The highest BCUT2D eigenvalue weighted by molar-refractivity contribution is 5.79. The second kappa shape index (κ2) is 5.65. The monoisotopic (exact) mass is 244 g/mol. The fraction of sp³-hybridized carbons (Fsp3) is 0.429. The highest BCUT2D eigenvalue weighted by atomic mass is 16.5. The Balaban J connectivity index is 1.99. The number of ether oxygens (including phenoxy) is 1. The fourth-order valence-corrected chi connectivity index (χ4v) is 2.07. The minimum absolute atomic E-state index is 0.121. The number of carbonyl (C=O) groups excluding carboxylic acids is 1. The molecule has 4 nitrogen and oxygen atoms in total. The van der Waals surface area contributed by atoms with E-state index in [1.807, 2.05) is 24.0 Å². The molecular weight excluding hydrogens is 228 g/mol. The van der Waals surface area contributed by atoms with Gasteiger partial charge in [0, 0.05) is 6.54 Å². The van der Waals surface area contributed by atoms with Crippen molar-refractivity contribution in [1.29, 1.82) is 5.26 Å². The molecule has 4 heteroatoms. The molecule has 94 valence electrons. The van der Waals surface area contributed by atoms with Crippen LogP contribution in [0.25, 0.3) is 0 Å². The molecule has 1 amide bonds. The molecule has 0 bridgehead atoms. The van der Waals surface area contributed by atoms with E-state index >= 15 is 0 Å². The van der Waals surface area contributed by atoms with Gasteiger partial charge in [0.2, 0.25) is 5.91 Å². The Hall–Kier alpha value is -1.86. The van der Waals surface area contributed by atoms with Crippen LogP contribution in [0.4, 0.5) is 0 Å². The third-order valence-corrected chi connectivity index (χ3v) is 3.13. The lowest BCUT2D eigenvalue weighted by molar-refractivity contribution is -0.138. The maximum Gasteiger partial charge on any atom is 0.227 e. The molecule has 0 aromatic heterocycles. The standard InChI is InChI=1S/C14H16N2O2/c1-11-10-18-7-6-16(11)14(17)8-12-2-4-13(9-15)5-3-12/h2-5,11H,6-8,10H2,1H3/t11-/m1/s1. The fourth-order valence-electron chi connectivity index (χ4n) is 2.07. The third-order valence-electron chi connectivity index (χ3n) is 3.13. The van der Waals surface area contributed by atoms with Crippen molar-refractivity contribution < 1.29 is 9.53 Å². The van der Waals surface area contributed by atoms with Crippen molar-refractivity contribution in [2.75, 3.05) is 19.8 Å². The van der Waals surface area contributed by atoms with Crippen molar-refractivity contribution >= 4 is 5.91 Å². The summed E-state index contributed by atoms with van der Waals surface area (Å²) in [5, 5.41) is 8.71. The molecule has 1 aliphatic heterocycles. The summed E-state index contributed by atoms with van der Waals surface area (Å²) in [6, 6.07) is 9.36. The molecule has 1 aromatic carbocycles. The molecule has 18 heavy (non-hydrogen) atoms. The lowest BCUT2D eigenvalue weighted by atomic mass is 10.1.